The molecule has 0 bridgehead atoms. The van der Waals surface area contributed by atoms with E-state index in [0.717, 1.165) is 0 Å². The van der Waals surface area contributed by atoms with Gasteiger partial charge in [0.1, 0.15) is 6.42 Å². The van der Waals surface area contributed by atoms with Crippen LogP contribution in [0.5, 0.6) is 0 Å². The lowest BCUT2D eigenvalue weighted by Gasteiger charge is -2.17. The molecule has 2 rings (SSSR count). The summed E-state index contributed by atoms with van der Waals surface area (Å²) in [6, 6.07) is 15.0. The van der Waals surface area contributed by atoms with Crippen molar-refractivity contribution in [1.29, 1.82) is 5.26 Å². The van der Waals surface area contributed by atoms with Crippen LogP contribution in [-0.2, 0) is 14.3 Å². The van der Waals surface area contributed by atoms with Gasteiger partial charge >= 0.3 is 12.0 Å². The van der Waals surface area contributed by atoms with Crippen LogP contribution >= 0.6 is 0 Å². The molecule has 1 atom stereocenters. The summed E-state index contributed by atoms with van der Waals surface area (Å²) >= 11 is 0. The molecule has 0 aliphatic heterocycles. The van der Waals surface area contributed by atoms with Crippen molar-refractivity contribution in [3.63, 3.8) is 0 Å². The number of carbonyl (C=O) groups excluding carboxylic acids is 4. The second-order valence-electron chi connectivity index (χ2n) is 5.72. The number of ether oxygens (including phenoxy) is 1. The van der Waals surface area contributed by atoms with E-state index >= 15 is 0 Å². The predicted octanol–water partition coefficient (Wildman–Crippen LogP) is 1.89. The Hall–Kier alpha value is -4.19. The molecule has 0 spiro atoms. The number of urea groups is 1. The van der Waals surface area contributed by atoms with Crippen LogP contribution in [0.15, 0.2) is 54.6 Å². The number of amides is 4. The molecule has 0 aliphatic rings. The topological polar surface area (TPSA) is 137 Å². The van der Waals surface area contributed by atoms with Gasteiger partial charge in [0.25, 0.3) is 5.91 Å². The molecule has 3 N–H and O–H groups in total. The number of nitriles is 1. The molecule has 29 heavy (non-hydrogen) atoms. The summed E-state index contributed by atoms with van der Waals surface area (Å²) in [7, 11) is 1.35. The molecule has 9 heteroatoms. The van der Waals surface area contributed by atoms with Gasteiger partial charge in [-0.05, 0) is 24.3 Å². The van der Waals surface area contributed by atoms with Gasteiger partial charge in [0, 0.05) is 18.3 Å². The van der Waals surface area contributed by atoms with Gasteiger partial charge in [-0.25, -0.2) is 9.59 Å². The molecule has 0 saturated carbocycles. The third-order valence-electron chi connectivity index (χ3n) is 3.67. The highest BCUT2D eigenvalue weighted by Gasteiger charge is 2.26. The number of hydrogen-bond acceptors (Lipinski definition) is 6. The first-order valence-electron chi connectivity index (χ1n) is 8.50. The molecular weight excluding hydrogens is 376 g/mol. The monoisotopic (exact) mass is 394 g/mol. The van der Waals surface area contributed by atoms with Crippen molar-refractivity contribution in [3.05, 3.63) is 65.7 Å². The first-order chi connectivity index (χ1) is 13.9. The smallest absolute Gasteiger partial charge is 0.339 e. The molecule has 0 unspecified atom stereocenters. The van der Waals surface area contributed by atoms with E-state index in [1.54, 1.807) is 36.4 Å². The molecule has 0 radical (unpaired) electrons. The van der Waals surface area contributed by atoms with Gasteiger partial charge < -0.3 is 15.4 Å². The maximum absolute atomic E-state index is 12.5. The lowest BCUT2D eigenvalue weighted by atomic mass is 10.1. The van der Waals surface area contributed by atoms with Gasteiger partial charge in [0.2, 0.25) is 12.0 Å². The fourth-order valence-electron chi connectivity index (χ4n) is 2.28. The van der Waals surface area contributed by atoms with E-state index in [0.29, 0.717) is 11.3 Å². The Kier molecular flexibility index (Phi) is 7.44. The number of imide groups is 1. The van der Waals surface area contributed by atoms with E-state index in [9.17, 15) is 19.2 Å². The van der Waals surface area contributed by atoms with Crippen LogP contribution in [-0.4, -0.2) is 30.9 Å². The summed E-state index contributed by atoms with van der Waals surface area (Å²) in [6.45, 7) is 0. The molecule has 148 valence electrons. The van der Waals surface area contributed by atoms with Crippen molar-refractivity contribution >= 4 is 29.5 Å². The third kappa shape index (κ3) is 6.18. The van der Waals surface area contributed by atoms with Crippen molar-refractivity contribution in [1.82, 2.24) is 10.6 Å². The number of benzene rings is 2. The molecule has 0 saturated heterocycles. The van der Waals surface area contributed by atoms with Crippen LogP contribution in [0, 0.1) is 11.3 Å². The summed E-state index contributed by atoms with van der Waals surface area (Å²) < 4.78 is 5.33. The Morgan fingerprint density at radius 1 is 1.03 bits per heavy atom. The minimum absolute atomic E-state index is 0.136. The standard InChI is InChI=1S/C20H18N4O5/c1-22-20(28)24-18(26)17(13-5-3-2-4-6-13)29-19(27)14-7-9-15(10-8-14)23-16(25)11-12-21/h2-10,17H,11H2,1H3,(H,23,25)(H2,22,24,26,28)/t17-/m0/s1. The number of anilines is 1. The van der Waals surface area contributed by atoms with Gasteiger partial charge in [0.15, 0.2) is 0 Å². The number of nitrogens with zero attached hydrogens (tertiary/aromatic N) is 1. The summed E-state index contributed by atoms with van der Waals surface area (Å²) in [5.74, 6) is -2.07. The number of esters is 1. The number of nitrogens with one attached hydrogen (secondary N) is 3. The fraction of sp³-hybridized carbons (Fsp3) is 0.150. The minimum Gasteiger partial charge on any atom is -0.444 e. The predicted molar refractivity (Wildman–Crippen MR) is 102 cm³/mol. The van der Waals surface area contributed by atoms with Crippen molar-refractivity contribution in [2.75, 3.05) is 12.4 Å². The average Bonchev–Trinajstić information content (AvgIpc) is 2.73. The molecule has 9 nitrogen and oxygen atoms in total. The first kappa shape index (κ1) is 21.1. The van der Waals surface area contributed by atoms with Crippen LogP contribution < -0.4 is 16.0 Å². The molecular formula is C20H18N4O5. The maximum Gasteiger partial charge on any atom is 0.339 e. The number of hydrogen-bond donors (Lipinski definition) is 3. The van der Waals surface area contributed by atoms with Crippen LogP contribution in [0.25, 0.3) is 0 Å². The second-order valence-corrected chi connectivity index (χ2v) is 5.72. The van der Waals surface area contributed by atoms with Crippen molar-refractivity contribution < 1.29 is 23.9 Å². The van der Waals surface area contributed by atoms with E-state index < -0.39 is 29.9 Å². The zero-order chi connectivity index (χ0) is 21.2. The average molecular weight is 394 g/mol. The van der Waals surface area contributed by atoms with E-state index in [4.69, 9.17) is 10.00 Å². The van der Waals surface area contributed by atoms with Crippen LogP contribution in [0.4, 0.5) is 10.5 Å². The highest BCUT2D eigenvalue weighted by atomic mass is 16.5. The van der Waals surface area contributed by atoms with E-state index in [1.165, 1.54) is 31.3 Å². The summed E-state index contributed by atoms with van der Waals surface area (Å²) in [5.41, 5.74) is 0.929. The molecule has 0 fully saturated rings. The van der Waals surface area contributed by atoms with E-state index in [2.05, 4.69) is 16.0 Å². The second kappa shape index (κ2) is 10.2. The third-order valence-corrected chi connectivity index (χ3v) is 3.67. The van der Waals surface area contributed by atoms with Crippen LogP contribution in [0.1, 0.15) is 28.4 Å². The van der Waals surface area contributed by atoms with Gasteiger partial charge in [-0.3, -0.25) is 14.9 Å². The summed E-state index contributed by atoms with van der Waals surface area (Å²) in [4.78, 5) is 47.8. The molecule has 2 aromatic carbocycles. The Labute approximate surface area is 166 Å². The fourth-order valence-corrected chi connectivity index (χ4v) is 2.28. The zero-order valence-electron chi connectivity index (χ0n) is 15.5. The molecule has 2 aromatic rings. The zero-order valence-corrected chi connectivity index (χ0v) is 15.5. The van der Waals surface area contributed by atoms with Crippen molar-refractivity contribution in [3.8, 4) is 6.07 Å². The van der Waals surface area contributed by atoms with Crippen LogP contribution in [0.2, 0.25) is 0 Å². The Balaban J connectivity index is 2.15. The van der Waals surface area contributed by atoms with Gasteiger partial charge in [0.05, 0.1) is 11.6 Å². The highest BCUT2D eigenvalue weighted by molar-refractivity contribution is 5.99. The Morgan fingerprint density at radius 3 is 2.28 bits per heavy atom. The van der Waals surface area contributed by atoms with Crippen molar-refractivity contribution in [2.24, 2.45) is 0 Å². The van der Waals surface area contributed by atoms with Gasteiger partial charge in [-0.1, -0.05) is 30.3 Å². The normalized spacial score (nSPS) is 10.8. The van der Waals surface area contributed by atoms with E-state index in [-0.39, 0.29) is 12.0 Å². The van der Waals surface area contributed by atoms with Crippen LogP contribution in [0.3, 0.4) is 0 Å². The largest absolute Gasteiger partial charge is 0.444 e. The first-order valence-corrected chi connectivity index (χ1v) is 8.50. The molecule has 0 aliphatic carbocycles. The molecule has 4 amide bonds. The maximum atomic E-state index is 12.5. The molecule has 0 heterocycles. The SMILES string of the molecule is CNC(=O)NC(=O)[C@@H](OC(=O)c1ccc(NC(=O)CC#N)cc1)c1ccccc1. The summed E-state index contributed by atoms with van der Waals surface area (Å²) in [5, 5.41) is 15.3. The summed E-state index contributed by atoms with van der Waals surface area (Å²) in [6.07, 6.45) is -1.63. The van der Waals surface area contributed by atoms with Gasteiger partial charge in [-0.2, -0.15) is 5.26 Å². The Bertz CT molecular complexity index is 936. The number of rotatable bonds is 6. The lowest BCUT2D eigenvalue weighted by Crippen LogP contribution is -2.41. The number of carbonyl (C=O) groups is 4. The Morgan fingerprint density at radius 2 is 1.69 bits per heavy atom. The highest BCUT2D eigenvalue weighted by Crippen LogP contribution is 2.20. The van der Waals surface area contributed by atoms with Crippen molar-refractivity contribution in [2.45, 2.75) is 12.5 Å². The lowest BCUT2D eigenvalue weighted by molar-refractivity contribution is -0.129. The minimum atomic E-state index is -1.34. The quantitative estimate of drug-likeness (QED) is 0.640. The molecule has 0 aromatic heterocycles. The van der Waals surface area contributed by atoms with Gasteiger partial charge in [-0.15, -0.1) is 0 Å². The van der Waals surface area contributed by atoms with E-state index in [1.807, 2.05) is 0 Å².